The first-order chi connectivity index (χ1) is 9.24. The van der Waals surface area contributed by atoms with Crippen LogP contribution in [0, 0.1) is 3.57 Å². The molecule has 3 aromatic rings. The van der Waals surface area contributed by atoms with Gasteiger partial charge < -0.3 is 4.42 Å². The molecule has 0 N–H and O–H groups in total. The Labute approximate surface area is 133 Å². The van der Waals surface area contributed by atoms with Gasteiger partial charge in [-0.25, -0.2) is 4.98 Å². The van der Waals surface area contributed by atoms with E-state index in [0.717, 1.165) is 23.4 Å². The Morgan fingerprint density at radius 2 is 1.84 bits per heavy atom. The predicted molar refractivity (Wildman–Crippen MR) is 88.5 cm³/mol. The Balaban J connectivity index is 1.86. The summed E-state index contributed by atoms with van der Waals surface area (Å²) >= 11 is 6.08. The molecule has 1 unspecified atom stereocenters. The number of halogens is 2. The SMILES string of the molecule is BrC(Cc1nc2ccccc2o1)c1ccccc1I. The molecule has 0 bridgehead atoms. The fourth-order valence-corrected chi connectivity index (χ4v) is 3.87. The quantitative estimate of drug-likeness (QED) is 0.428. The summed E-state index contributed by atoms with van der Waals surface area (Å²) in [5.74, 6) is 0.766. The summed E-state index contributed by atoms with van der Waals surface area (Å²) in [6.07, 6.45) is 0.745. The molecule has 2 aromatic carbocycles. The molecular formula is C15H11BrINO. The third-order valence-electron chi connectivity index (χ3n) is 2.93. The number of hydrogen-bond acceptors (Lipinski definition) is 2. The molecule has 0 radical (unpaired) electrons. The topological polar surface area (TPSA) is 26.0 Å². The van der Waals surface area contributed by atoms with Crippen molar-refractivity contribution < 1.29 is 4.42 Å². The second-order valence-corrected chi connectivity index (χ2v) is 6.54. The van der Waals surface area contributed by atoms with Crippen LogP contribution in [-0.2, 0) is 6.42 Å². The van der Waals surface area contributed by atoms with Crippen molar-refractivity contribution in [3.63, 3.8) is 0 Å². The number of para-hydroxylation sites is 2. The fourth-order valence-electron chi connectivity index (χ4n) is 2.00. The second kappa shape index (κ2) is 5.63. The molecule has 2 nitrogen and oxygen atoms in total. The average Bonchev–Trinajstić information content (AvgIpc) is 2.81. The van der Waals surface area contributed by atoms with E-state index in [9.17, 15) is 0 Å². The van der Waals surface area contributed by atoms with Crippen LogP contribution >= 0.6 is 38.5 Å². The van der Waals surface area contributed by atoms with Gasteiger partial charge in [0.25, 0.3) is 0 Å². The van der Waals surface area contributed by atoms with Crippen molar-refractivity contribution in [1.29, 1.82) is 0 Å². The Hall–Kier alpha value is -0.880. The van der Waals surface area contributed by atoms with E-state index in [-0.39, 0.29) is 4.83 Å². The second-order valence-electron chi connectivity index (χ2n) is 4.27. The van der Waals surface area contributed by atoms with E-state index < -0.39 is 0 Å². The highest BCUT2D eigenvalue weighted by molar-refractivity contribution is 14.1. The molecule has 0 spiro atoms. The Bertz CT molecular complexity index is 677. The van der Waals surface area contributed by atoms with Crippen LogP contribution in [0.1, 0.15) is 16.3 Å². The van der Waals surface area contributed by atoms with Gasteiger partial charge in [0.1, 0.15) is 5.52 Å². The van der Waals surface area contributed by atoms with Crippen molar-refractivity contribution in [1.82, 2.24) is 4.98 Å². The lowest BCUT2D eigenvalue weighted by molar-refractivity contribution is 0.527. The summed E-state index contributed by atoms with van der Waals surface area (Å²) < 4.78 is 7.00. The monoisotopic (exact) mass is 427 g/mol. The lowest BCUT2D eigenvalue weighted by atomic mass is 10.1. The minimum absolute atomic E-state index is 0.216. The first-order valence-electron chi connectivity index (χ1n) is 5.97. The maximum atomic E-state index is 5.76. The summed E-state index contributed by atoms with van der Waals surface area (Å²) in [6, 6.07) is 16.2. The molecular weight excluding hydrogens is 417 g/mol. The largest absolute Gasteiger partial charge is 0.441 e. The van der Waals surface area contributed by atoms with Crippen LogP contribution in [0.3, 0.4) is 0 Å². The fraction of sp³-hybridized carbons (Fsp3) is 0.133. The number of nitrogens with zero attached hydrogens (tertiary/aromatic N) is 1. The van der Waals surface area contributed by atoms with Gasteiger partial charge in [-0.05, 0) is 46.4 Å². The third-order valence-corrected chi connectivity index (χ3v) is 4.73. The molecule has 1 atom stereocenters. The van der Waals surface area contributed by atoms with Gasteiger partial charge in [0, 0.05) is 14.8 Å². The molecule has 0 fully saturated rings. The molecule has 0 aliphatic carbocycles. The summed E-state index contributed by atoms with van der Waals surface area (Å²) in [6.45, 7) is 0. The summed E-state index contributed by atoms with van der Waals surface area (Å²) in [7, 11) is 0. The van der Waals surface area contributed by atoms with E-state index in [1.807, 2.05) is 30.3 Å². The molecule has 96 valence electrons. The highest BCUT2D eigenvalue weighted by Crippen LogP contribution is 2.31. The summed E-state index contributed by atoms with van der Waals surface area (Å²) in [4.78, 5) is 4.73. The van der Waals surface area contributed by atoms with Crippen molar-refractivity contribution in [2.75, 3.05) is 0 Å². The number of fused-ring (bicyclic) bond motifs is 1. The van der Waals surface area contributed by atoms with Crippen LogP contribution in [0.25, 0.3) is 11.1 Å². The molecule has 0 aliphatic heterocycles. The smallest absolute Gasteiger partial charge is 0.196 e. The number of benzene rings is 2. The number of alkyl halides is 1. The van der Waals surface area contributed by atoms with E-state index in [1.54, 1.807) is 0 Å². The van der Waals surface area contributed by atoms with Crippen molar-refractivity contribution in [2.24, 2.45) is 0 Å². The average molecular weight is 428 g/mol. The van der Waals surface area contributed by atoms with Crippen molar-refractivity contribution in [3.05, 3.63) is 63.6 Å². The van der Waals surface area contributed by atoms with Gasteiger partial charge >= 0.3 is 0 Å². The number of oxazole rings is 1. The minimum atomic E-state index is 0.216. The van der Waals surface area contributed by atoms with Crippen molar-refractivity contribution in [3.8, 4) is 0 Å². The molecule has 0 amide bonds. The molecule has 19 heavy (non-hydrogen) atoms. The lowest BCUT2D eigenvalue weighted by Gasteiger charge is -2.09. The Morgan fingerprint density at radius 1 is 1.11 bits per heavy atom. The van der Waals surface area contributed by atoms with E-state index >= 15 is 0 Å². The zero-order valence-electron chi connectivity index (χ0n) is 10.0. The first kappa shape index (κ1) is 13.1. The maximum absolute atomic E-state index is 5.76. The molecule has 1 heterocycles. The zero-order valence-corrected chi connectivity index (χ0v) is 13.8. The van der Waals surface area contributed by atoms with Crippen LogP contribution in [0.4, 0.5) is 0 Å². The van der Waals surface area contributed by atoms with Crippen LogP contribution in [0.2, 0.25) is 0 Å². The van der Waals surface area contributed by atoms with Gasteiger partial charge in [-0.15, -0.1) is 0 Å². The van der Waals surface area contributed by atoms with E-state index in [1.165, 1.54) is 9.13 Å². The molecule has 0 saturated carbocycles. The van der Waals surface area contributed by atoms with Gasteiger partial charge in [0.05, 0.1) is 0 Å². The number of aromatic nitrogens is 1. The highest BCUT2D eigenvalue weighted by Gasteiger charge is 2.15. The predicted octanol–water partition coefficient (Wildman–Crippen LogP) is 5.11. The number of rotatable bonds is 3. The van der Waals surface area contributed by atoms with Crippen LogP contribution in [-0.4, -0.2) is 4.98 Å². The first-order valence-corrected chi connectivity index (χ1v) is 7.96. The standard InChI is InChI=1S/C15H11BrINO/c16-11(10-5-1-2-6-12(10)17)9-15-18-13-7-3-4-8-14(13)19-15/h1-8,11H,9H2. The zero-order chi connectivity index (χ0) is 13.2. The van der Waals surface area contributed by atoms with Gasteiger partial charge in [0.15, 0.2) is 11.5 Å². The summed E-state index contributed by atoms with van der Waals surface area (Å²) in [5.41, 5.74) is 3.03. The molecule has 4 heteroatoms. The summed E-state index contributed by atoms with van der Waals surface area (Å²) in [5, 5.41) is 0. The van der Waals surface area contributed by atoms with E-state index in [0.29, 0.717) is 0 Å². The molecule has 0 aliphatic rings. The van der Waals surface area contributed by atoms with E-state index in [2.05, 4.69) is 61.7 Å². The third kappa shape index (κ3) is 2.84. The van der Waals surface area contributed by atoms with Gasteiger partial charge in [-0.1, -0.05) is 46.3 Å². The van der Waals surface area contributed by atoms with Crippen LogP contribution < -0.4 is 0 Å². The van der Waals surface area contributed by atoms with Gasteiger partial charge in [-0.3, -0.25) is 0 Å². The molecule has 3 rings (SSSR count). The molecule has 1 aromatic heterocycles. The minimum Gasteiger partial charge on any atom is -0.441 e. The normalized spacial score (nSPS) is 12.7. The number of hydrogen-bond donors (Lipinski definition) is 0. The van der Waals surface area contributed by atoms with Gasteiger partial charge in [-0.2, -0.15) is 0 Å². The van der Waals surface area contributed by atoms with Crippen molar-refractivity contribution >= 4 is 49.6 Å². The van der Waals surface area contributed by atoms with Gasteiger partial charge in [0.2, 0.25) is 0 Å². The lowest BCUT2D eigenvalue weighted by Crippen LogP contribution is -1.97. The molecule has 0 saturated heterocycles. The van der Waals surface area contributed by atoms with Crippen LogP contribution in [0.15, 0.2) is 52.9 Å². The van der Waals surface area contributed by atoms with E-state index in [4.69, 9.17) is 4.42 Å². The highest BCUT2D eigenvalue weighted by atomic mass is 127. The Morgan fingerprint density at radius 3 is 2.63 bits per heavy atom. The maximum Gasteiger partial charge on any atom is 0.196 e. The van der Waals surface area contributed by atoms with Crippen LogP contribution in [0.5, 0.6) is 0 Å². The Kier molecular flexibility index (Phi) is 3.88. The van der Waals surface area contributed by atoms with Crippen molar-refractivity contribution in [2.45, 2.75) is 11.2 Å².